The molecule has 116 valence electrons. The van der Waals surface area contributed by atoms with Crippen LogP contribution in [0.3, 0.4) is 0 Å². The van der Waals surface area contributed by atoms with Gasteiger partial charge in [0.15, 0.2) is 5.76 Å². The normalized spacial score (nSPS) is 20.5. The zero-order valence-electron chi connectivity index (χ0n) is 13.0. The SMILES string of the molecule is CCCCC1(NC(=O)c2ccccc2)C=CC(=O)C(OC)=C1. The van der Waals surface area contributed by atoms with Crippen molar-refractivity contribution in [1.82, 2.24) is 5.32 Å². The van der Waals surface area contributed by atoms with Crippen molar-refractivity contribution in [1.29, 1.82) is 0 Å². The van der Waals surface area contributed by atoms with Gasteiger partial charge in [0.2, 0.25) is 5.78 Å². The summed E-state index contributed by atoms with van der Waals surface area (Å²) in [4.78, 5) is 24.2. The van der Waals surface area contributed by atoms with Gasteiger partial charge in [-0.25, -0.2) is 0 Å². The van der Waals surface area contributed by atoms with E-state index in [4.69, 9.17) is 4.74 Å². The number of benzene rings is 1. The molecule has 0 bridgehead atoms. The quantitative estimate of drug-likeness (QED) is 0.878. The Morgan fingerprint density at radius 1 is 1.27 bits per heavy atom. The van der Waals surface area contributed by atoms with E-state index in [1.165, 1.54) is 13.2 Å². The van der Waals surface area contributed by atoms with Crippen LogP contribution in [0, 0.1) is 0 Å². The monoisotopic (exact) mass is 299 g/mol. The number of unbranched alkanes of at least 4 members (excludes halogenated alkanes) is 1. The molecule has 0 saturated carbocycles. The maximum atomic E-state index is 12.5. The molecule has 1 atom stereocenters. The number of methoxy groups -OCH3 is 1. The number of amides is 1. The van der Waals surface area contributed by atoms with Crippen molar-refractivity contribution in [3.63, 3.8) is 0 Å². The molecular formula is C18H21NO3. The lowest BCUT2D eigenvalue weighted by molar-refractivity contribution is -0.114. The summed E-state index contributed by atoms with van der Waals surface area (Å²) in [5, 5.41) is 3.03. The molecule has 2 rings (SSSR count). The molecule has 0 aromatic heterocycles. The molecule has 1 amide bonds. The van der Waals surface area contributed by atoms with Crippen LogP contribution in [0.4, 0.5) is 0 Å². The van der Waals surface area contributed by atoms with E-state index in [2.05, 4.69) is 12.2 Å². The zero-order chi connectivity index (χ0) is 16.0. The lowest BCUT2D eigenvalue weighted by atomic mass is 9.87. The van der Waals surface area contributed by atoms with Crippen LogP contribution in [0.5, 0.6) is 0 Å². The molecule has 1 unspecified atom stereocenters. The van der Waals surface area contributed by atoms with Crippen molar-refractivity contribution in [3.8, 4) is 0 Å². The first-order valence-electron chi connectivity index (χ1n) is 7.48. The standard InChI is InChI=1S/C18H21NO3/c1-3-4-11-18(12-10-15(20)16(13-18)22-2)19-17(21)14-8-6-5-7-9-14/h5-10,12-13H,3-4,11H2,1-2H3,(H,19,21). The Labute approximate surface area is 130 Å². The van der Waals surface area contributed by atoms with Crippen LogP contribution >= 0.6 is 0 Å². The molecule has 1 aromatic carbocycles. The molecule has 0 saturated heterocycles. The maximum absolute atomic E-state index is 12.5. The Morgan fingerprint density at radius 3 is 2.64 bits per heavy atom. The predicted octanol–water partition coefficient (Wildman–Crippen LogP) is 3.01. The van der Waals surface area contributed by atoms with E-state index in [0.717, 1.165) is 19.3 Å². The van der Waals surface area contributed by atoms with E-state index in [0.29, 0.717) is 5.56 Å². The number of carbonyl (C=O) groups is 2. The Hall–Kier alpha value is -2.36. The summed E-state index contributed by atoms with van der Waals surface area (Å²) < 4.78 is 5.13. The van der Waals surface area contributed by atoms with Crippen molar-refractivity contribution in [2.75, 3.05) is 7.11 Å². The summed E-state index contributed by atoms with van der Waals surface area (Å²) in [6, 6.07) is 9.04. The van der Waals surface area contributed by atoms with Crippen LogP contribution in [0.2, 0.25) is 0 Å². The van der Waals surface area contributed by atoms with Gasteiger partial charge >= 0.3 is 0 Å². The zero-order valence-corrected chi connectivity index (χ0v) is 13.0. The number of allylic oxidation sites excluding steroid dienone is 1. The van der Waals surface area contributed by atoms with Crippen LogP contribution in [0.25, 0.3) is 0 Å². The molecule has 1 aliphatic carbocycles. The molecule has 0 aliphatic heterocycles. The highest BCUT2D eigenvalue weighted by Gasteiger charge is 2.32. The van der Waals surface area contributed by atoms with Crippen LogP contribution in [-0.2, 0) is 9.53 Å². The summed E-state index contributed by atoms with van der Waals surface area (Å²) in [5.74, 6) is -0.0713. The lowest BCUT2D eigenvalue weighted by Gasteiger charge is -2.31. The van der Waals surface area contributed by atoms with Gasteiger partial charge in [-0.2, -0.15) is 0 Å². The van der Waals surface area contributed by atoms with Crippen molar-refractivity contribution >= 4 is 11.7 Å². The number of ketones is 1. The average molecular weight is 299 g/mol. The van der Waals surface area contributed by atoms with Crippen molar-refractivity contribution in [2.45, 2.75) is 31.7 Å². The Bertz CT molecular complexity index is 604. The third kappa shape index (κ3) is 3.64. The minimum atomic E-state index is -0.678. The highest BCUT2D eigenvalue weighted by Crippen LogP contribution is 2.25. The molecule has 1 N–H and O–H groups in total. The topological polar surface area (TPSA) is 55.4 Å². The minimum absolute atomic E-state index is 0.164. The largest absolute Gasteiger partial charge is 0.493 e. The van der Waals surface area contributed by atoms with E-state index in [9.17, 15) is 9.59 Å². The number of ether oxygens (including phenoxy) is 1. The number of nitrogens with one attached hydrogen (secondary N) is 1. The van der Waals surface area contributed by atoms with Crippen molar-refractivity contribution in [3.05, 3.63) is 59.9 Å². The van der Waals surface area contributed by atoms with Crippen LogP contribution < -0.4 is 5.32 Å². The highest BCUT2D eigenvalue weighted by molar-refractivity contribution is 6.04. The first-order chi connectivity index (χ1) is 10.6. The fourth-order valence-corrected chi connectivity index (χ4v) is 2.46. The third-order valence-electron chi connectivity index (χ3n) is 3.71. The highest BCUT2D eigenvalue weighted by atomic mass is 16.5. The Morgan fingerprint density at radius 2 is 2.00 bits per heavy atom. The van der Waals surface area contributed by atoms with E-state index in [-0.39, 0.29) is 17.4 Å². The number of rotatable bonds is 6. The molecule has 1 aliphatic rings. The second-order valence-corrected chi connectivity index (χ2v) is 5.37. The maximum Gasteiger partial charge on any atom is 0.252 e. The molecule has 4 heteroatoms. The van der Waals surface area contributed by atoms with Gasteiger partial charge in [0.1, 0.15) is 0 Å². The minimum Gasteiger partial charge on any atom is -0.493 e. The van der Waals surface area contributed by atoms with Gasteiger partial charge in [0.25, 0.3) is 5.91 Å². The van der Waals surface area contributed by atoms with Crippen LogP contribution in [-0.4, -0.2) is 24.3 Å². The molecule has 0 radical (unpaired) electrons. The van der Waals surface area contributed by atoms with Gasteiger partial charge in [-0.05, 0) is 30.7 Å². The predicted molar refractivity (Wildman–Crippen MR) is 85.4 cm³/mol. The van der Waals surface area contributed by atoms with Gasteiger partial charge in [0, 0.05) is 5.56 Å². The van der Waals surface area contributed by atoms with E-state index in [1.54, 1.807) is 24.3 Å². The molecule has 0 fully saturated rings. The van der Waals surface area contributed by atoms with Gasteiger partial charge in [-0.15, -0.1) is 0 Å². The second kappa shape index (κ2) is 7.07. The molecule has 0 spiro atoms. The van der Waals surface area contributed by atoms with E-state index >= 15 is 0 Å². The first-order valence-corrected chi connectivity index (χ1v) is 7.48. The first kappa shape index (κ1) is 16.0. The summed E-state index contributed by atoms with van der Waals surface area (Å²) in [6.45, 7) is 2.09. The second-order valence-electron chi connectivity index (χ2n) is 5.37. The van der Waals surface area contributed by atoms with Crippen molar-refractivity contribution < 1.29 is 14.3 Å². The molecular weight excluding hydrogens is 278 g/mol. The van der Waals surface area contributed by atoms with Crippen LogP contribution in [0.1, 0.15) is 36.5 Å². The fourth-order valence-electron chi connectivity index (χ4n) is 2.46. The molecule has 4 nitrogen and oxygen atoms in total. The summed E-state index contributed by atoms with van der Waals surface area (Å²) in [5.41, 5.74) is -0.0848. The van der Waals surface area contributed by atoms with Gasteiger partial charge in [-0.3, -0.25) is 9.59 Å². The van der Waals surface area contributed by atoms with E-state index in [1.807, 2.05) is 18.2 Å². The number of hydrogen-bond acceptors (Lipinski definition) is 3. The lowest BCUT2D eigenvalue weighted by Crippen LogP contribution is -2.47. The summed E-state index contributed by atoms with van der Waals surface area (Å²) in [6.07, 6.45) is 7.60. The molecule has 1 aromatic rings. The average Bonchev–Trinajstić information content (AvgIpc) is 2.56. The van der Waals surface area contributed by atoms with Crippen molar-refractivity contribution in [2.24, 2.45) is 0 Å². The number of hydrogen-bond donors (Lipinski definition) is 1. The summed E-state index contributed by atoms with van der Waals surface area (Å²) >= 11 is 0. The Kier molecular flexibility index (Phi) is 5.15. The Balaban J connectivity index is 2.27. The van der Waals surface area contributed by atoms with Gasteiger partial charge in [0.05, 0.1) is 12.6 Å². The van der Waals surface area contributed by atoms with E-state index < -0.39 is 5.54 Å². The third-order valence-corrected chi connectivity index (χ3v) is 3.71. The number of carbonyl (C=O) groups excluding carboxylic acids is 2. The fraction of sp³-hybridized carbons (Fsp3) is 0.333. The summed E-state index contributed by atoms with van der Waals surface area (Å²) in [7, 11) is 1.46. The van der Waals surface area contributed by atoms with Gasteiger partial charge in [-0.1, -0.05) is 44.0 Å². The molecule has 0 heterocycles. The molecule has 22 heavy (non-hydrogen) atoms. The van der Waals surface area contributed by atoms with Gasteiger partial charge < -0.3 is 10.1 Å². The van der Waals surface area contributed by atoms with Crippen LogP contribution in [0.15, 0.2) is 54.3 Å². The smallest absolute Gasteiger partial charge is 0.252 e.